The van der Waals surface area contributed by atoms with Crippen LogP contribution >= 0.6 is 0 Å². The Kier molecular flexibility index (Phi) is 6.25. The van der Waals surface area contributed by atoms with Crippen molar-refractivity contribution in [1.29, 1.82) is 0 Å². The molecule has 1 aliphatic rings. The first-order valence-electron chi connectivity index (χ1n) is 8.74. The second-order valence-corrected chi connectivity index (χ2v) is 6.21. The number of amides is 2. The summed E-state index contributed by atoms with van der Waals surface area (Å²) >= 11 is 0. The van der Waals surface area contributed by atoms with Crippen LogP contribution < -0.4 is 16.3 Å². The van der Waals surface area contributed by atoms with Crippen LogP contribution in [0.1, 0.15) is 17.5 Å². The van der Waals surface area contributed by atoms with Crippen LogP contribution in [0.25, 0.3) is 0 Å². The van der Waals surface area contributed by atoms with Gasteiger partial charge >= 0.3 is 0 Å². The number of amidine groups is 1. The number of hydrazine groups is 1. The van der Waals surface area contributed by atoms with Crippen molar-refractivity contribution in [3.63, 3.8) is 0 Å². The Morgan fingerprint density at radius 3 is 2.59 bits per heavy atom. The molecule has 2 aromatic rings. The summed E-state index contributed by atoms with van der Waals surface area (Å²) in [6, 6.07) is 14.4. The molecule has 0 saturated heterocycles. The molecule has 29 heavy (non-hydrogen) atoms. The normalized spacial score (nSPS) is 15.9. The van der Waals surface area contributed by atoms with Crippen LogP contribution in [0.5, 0.6) is 0 Å². The highest BCUT2D eigenvalue weighted by molar-refractivity contribution is 5.96. The standard InChI is InChI=1S/C19H18N6O4/c26-18(23-20-12-14-6-8-15(9-7-14)25(28)29)11-16-19(27)24-22-17(21-16)10-13-4-2-1-3-5-13/h1-9,12,16H,10-11H2,(H,21,22)(H,23,26)(H,24,27)/b20-12-/t16-/m0/s1. The van der Waals surface area contributed by atoms with E-state index in [1.54, 1.807) is 0 Å². The van der Waals surface area contributed by atoms with Gasteiger partial charge in [-0.2, -0.15) is 5.10 Å². The molecule has 0 radical (unpaired) electrons. The topological polar surface area (TPSA) is 138 Å². The summed E-state index contributed by atoms with van der Waals surface area (Å²) in [7, 11) is 0. The molecule has 3 rings (SSSR count). The fraction of sp³-hybridized carbons (Fsp3) is 0.158. The highest BCUT2D eigenvalue weighted by atomic mass is 16.6. The van der Waals surface area contributed by atoms with E-state index in [-0.39, 0.29) is 12.1 Å². The van der Waals surface area contributed by atoms with E-state index in [9.17, 15) is 19.7 Å². The zero-order valence-corrected chi connectivity index (χ0v) is 15.2. The third kappa shape index (κ3) is 5.70. The van der Waals surface area contributed by atoms with Crippen molar-refractivity contribution in [1.82, 2.24) is 16.3 Å². The fourth-order valence-electron chi connectivity index (χ4n) is 2.60. The molecule has 0 aliphatic carbocycles. The van der Waals surface area contributed by atoms with Crippen LogP contribution in [0, 0.1) is 10.1 Å². The molecule has 2 amide bonds. The van der Waals surface area contributed by atoms with E-state index in [2.05, 4.69) is 26.4 Å². The third-order valence-electron chi connectivity index (χ3n) is 4.04. The van der Waals surface area contributed by atoms with Crippen LogP contribution in [0.3, 0.4) is 0 Å². The van der Waals surface area contributed by atoms with Gasteiger partial charge in [-0.25, -0.2) is 5.43 Å². The van der Waals surface area contributed by atoms with Gasteiger partial charge in [-0.1, -0.05) is 30.3 Å². The number of carbonyl (C=O) groups excluding carboxylic acids is 2. The molecule has 0 fully saturated rings. The van der Waals surface area contributed by atoms with Crippen molar-refractivity contribution in [3.05, 3.63) is 75.8 Å². The maximum atomic E-state index is 12.1. The Labute approximate surface area is 165 Å². The van der Waals surface area contributed by atoms with Crippen molar-refractivity contribution < 1.29 is 14.5 Å². The van der Waals surface area contributed by atoms with Crippen molar-refractivity contribution >= 4 is 29.6 Å². The lowest BCUT2D eigenvalue weighted by molar-refractivity contribution is -0.384. The quantitative estimate of drug-likeness (QED) is 0.366. The Balaban J connectivity index is 1.55. The van der Waals surface area contributed by atoms with Gasteiger partial charge in [0.1, 0.15) is 11.9 Å². The summed E-state index contributed by atoms with van der Waals surface area (Å²) in [6.07, 6.45) is 1.69. The summed E-state index contributed by atoms with van der Waals surface area (Å²) in [5.74, 6) is -0.327. The zero-order chi connectivity index (χ0) is 20.6. The fourth-order valence-corrected chi connectivity index (χ4v) is 2.60. The minimum Gasteiger partial charge on any atom is -0.285 e. The minimum absolute atomic E-state index is 0.0349. The molecule has 3 N–H and O–H groups in total. The number of hydrogen-bond acceptors (Lipinski definition) is 7. The van der Waals surface area contributed by atoms with Crippen LogP contribution in [0.4, 0.5) is 5.69 Å². The van der Waals surface area contributed by atoms with E-state index in [1.165, 1.54) is 30.5 Å². The lowest BCUT2D eigenvalue weighted by Crippen LogP contribution is -2.52. The Bertz CT molecular complexity index is 956. The molecular formula is C19H18N6O4. The van der Waals surface area contributed by atoms with Gasteiger partial charge in [-0.05, 0) is 23.3 Å². The SMILES string of the molecule is O=C(C[C@@H]1N=C(Cc2ccccc2)NNC1=O)N/N=C\c1ccc([N+](=O)[O-])cc1. The predicted molar refractivity (Wildman–Crippen MR) is 106 cm³/mol. The van der Waals surface area contributed by atoms with Crippen molar-refractivity contribution in [3.8, 4) is 0 Å². The maximum Gasteiger partial charge on any atom is 0.269 e. The van der Waals surface area contributed by atoms with Crippen molar-refractivity contribution in [2.24, 2.45) is 10.1 Å². The largest absolute Gasteiger partial charge is 0.285 e. The number of aliphatic imine (C=N–C) groups is 1. The van der Waals surface area contributed by atoms with Gasteiger partial charge in [0.05, 0.1) is 17.6 Å². The number of nitrogens with zero attached hydrogens (tertiary/aromatic N) is 3. The number of nitro groups is 1. The molecule has 1 aliphatic heterocycles. The number of hydrazone groups is 1. The average molecular weight is 394 g/mol. The van der Waals surface area contributed by atoms with Gasteiger partial charge in [-0.3, -0.25) is 35.5 Å². The van der Waals surface area contributed by atoms with Crippen molar-refractivity contribution in [2.75, 3.05) is 0 Å². The summed E-state index contributed by atoms with van der Waals surface area (Å²) in [5.41, 5.74) is 9.14. The number of nitrogens with one attached hydrogen (secondary N) is 3. The number of carbonyl (C=O) groups is 2. The molecule has 1 heterocycles. The van der Waals surface area contributed by atoms with Gasteiger partial charge in [0, 0.05) is 18.6 Å². The number of rotatable bonds is 7. The number of benzene rings is 2. The molecule has 1 atom stereocenters. The predicted octanol–water partition coefficient (Wildman–Crippen LogP) is 1.08. The third-order valence-corrected chi connectivity index (χ3v) is 4.04. The Morgan fingerprint density at radius 2 is 1.90 bits per heavy atom. The minimum atomic E-state index is -0.857. The van der Waals surface area contributed by atoms with Gasteiger partial charge in [0.2, 0.25) is 5.91 Å². The van der Waals surface area contributed by atoms with Crippen molar-refractivity contribution in [2.45, 2.75) is 18.9 Å². The molecule has 0 unspecified atom stereocenters. The molecule has 10 heteroatoms. The Morgan fingerprint density at radius 1 is 1.17 bits per heavy atom. The smallest absolute Gasteiger partial charge is 0.269 e. The molecular weight excluding hydrogens is 376 g/mol. The van der Waals surface area contributed by atoms with E-state index in [4.69, 9.17) is 0 Å². The number of nitro benzene ring substituents is 1. The number of hydrogen-bond donors (Lipinski definition) is 3. The lowest BCUT2D eigenvalue weighted by atomic mass is 10.1. The van der Waals surface area contributed by atoms with Gasteiger partial charge in [0.25, 0.3) is 11.6 Å². The van der Waals surface area contributed by atoms with Gasteiger partial charge in [0.15, 0.2) is 0 Å². The van der Waals surface area contributed by atoms with E-state index < -0.39 is 22.8 Å². The summed E-state index contributed by atoms with van der Waals surface area (Å²) in [6.45, 7) is 0. The second-order valence-electron chi connectivity index (χ2n) is 6.21. The molecule has 0 aromatic heterocycles. The van der Waals surface area contributed by atoms with Gasteiger partial charge < -0.3 is 0 Å². The first-order valence-corrected chi connectivity index (χ1v) is 8.74. The van der Waals surface area contributed by atoms with Crippen LogP contribution in [-0.4, -0.2) is 34.8 Å². The van der Waals surface area contributed by atoms with Gasteiger partial charge in [-0.15, -0.1) is 0 Å². The maximum absolute atomic E-state index is 12.1. The molecule has 10 nitrogen and oxygen atoms in total. The highest BCUT2D eigenvalue weighted by Gasteiger charge is 2.25. The van der Waals surface area contributed by atoms with E-state index >= 15 is 0 Å². The first kappa shape index (κ1) is 19.7. The average Bonchev–Trinajstić information content (AvgIpc) is 2.72. The van der Waals surface area contributed by atoms with Crippen LogP contribution in [0.15, 0.2) is 64.7 Å². The molecule has 2 aromatic carbocycles. The molecule has 0 saturated carbocycles. The number of non-ortho nitro benzene ring substituents is 1. The van der Waals surface area contributed by atoms with E-state index in [1.807, 2.05) is 30.3 Å². The Hall–Kier alpha value is -4.08. The zero-order valence-electron chi connectivity index (χ0n) is 15.2. The summed E-state index contributed by atoms with van der Waals surface area (Å²) < 4.78 is 0. The summed E-state index contributed by atoms with van der Waals surface area (Å²) in [4.78, 5) is 38.5. The second kappa shape index (κ2) is 9.22. The van der Waals surface area contributed by atoms with Crippen LogP contribution in [0.2, 0.25) is 0 Å². The van der Waals surface area contributed by atoms with E-state index in [0.29, 0.717) is 17.8 Å². The highest BCUT2D eigenvalue weighted by Crippen LogP contribution is 2.10. The lowest BCUT2D eigenvalue weighted by Gasteiger charge is -2.21. The molecule has 0 spiro atoms. The molecule has 0 bridgehead atoms. The summed E-state index contributed by atoms with van der Waals surface area (Å²) in [5, 5.41) is 14.4. The monoisotopic (exact) mass is 394 g/mol. The van der Waals surface area contributed by atoms with Crippen LogP contribution in [-0.2, 0) is 16.0 Å². The first-order chi connectivity index (χ1) is 14.0. The molecule has 148 valence electrons. The van der Waals surface area contributed by atoms with E-state index in [0.717, 1.165) is 5.56 Å².